The third-order valence-corrected chi connectivity index (χ3v) is 21.0. The van der Waals surface area contributed by atoms with E-state index in [4.69, 9.17) is 4.74 Å². The van der Waals surface area contributed by atoms with Gasteiger partial charge in [-0.2, -0.15) is 10.0 Å². The van der Waals surface area contributed by atoms with Gasteiger partial charge in [-0.1, -0.05) is 188 Å². The van der Waals surface area contributed by atoms with E-state index in [1.807, 2.05) is 11.8 Å². The molecule has 0 radical (unpaired) electrons. The van der Waals surface area contributed by atoms with Gasteiger partial charge in [-0.15, -0.1) is 11.8 Å². The first kappa shape index (κ1) is 50.1. The van der Waals surface area contributed by atoms with E-state index in [-0.39, 0.29) is 29.8 Å². The molecule has 0 spiro atoms. The second-order valence-corrected chi connectivity index (χ2v) is 24.1. The fraction of sp³-hybridized carbons (Fsp3) is 0.262. The molecule has 8 aromatic carbocycles. The second kappa shape index (κ2) is 23.6. The van der Waals surface area contributed by atoms with Crippen LogP contribution in [0.1, 0.15) is 53.9 Å². The maximum Gasteiger partial charge on any atom is 0.310 e. The van der Waals surface area contributed by atoms with Crippen LogP contribution in [0.25, 0.3) is 10.8 Å². The number of amides is 1. The van der Waals surface area contributed by atoms with Crippen LogP contribution in [0.5, 0.6) is 0 Å². The highest BCUT2D eigenvalue weighted by atomic mass is 32.3. The summed E-state index contributed by atoms with van der Waals surface area (Å²) in [6, 6.07) is 80.9. The van der Waals surface area contributed by atoms with Gasteiger partial charge in [0, 0.05) is 42.6 Å². The Morgan fingerprint density at radius 2 is 1.14 bits per heavy atom. The van der Waals surface area contributed by atoms with Crippen LogP contribution in [0.4, 0.5) is 0 Å². The zero-order chi connectivity index (χ0) is 49.9. The molecule has 10 rings (SSSR count). The van der Waals surface area contributed by atoms with Crippen LogP contribution in [-0.4, -0.2) is 85.1 Å². The average molecular weight is 1000 g/mol. The van der Waals surface area contributed by atoms with E-state index in [1.54, 1.807) is 7.11 Å². The maximum absolute atomic E-state index is 14.5. The Kier molecular flexibility index (Phi) is 16.2. The Hall–Kier alpha value is -6.42. The number of carbonyl (C=O) groups is 2. The van der Waals surface area contributed by atoms with Gasteiger partial charge in [-0.25, -0.2) is 0 Å². The van der Waals surface area contributed by atoms with Crippen LogP contribution in [-0.2, 0) is 19.1 Å². The highest BCUT2D eigenvalue weighted by Crippen LogP contribution is 2.67. The third-order valence-electron chi connectivity index (χ3n) is 15.4. The number of benzene rings is 8. The first-order valence-corrected chi connectivity index (χ1v) is 28.8. The van der Waals surface area contributed by atoms with Crippen LogP contribution in [0, 0.1) is 5.92 Å². The van der Waals surface area contributed by atoms with Crippen molar-refractivity contribution in [3.8, 4) is 0 Å². The molecular formula is C65H67N3O3S2. The number of rotatable bonds is 21. The number of nitrogens with one attached hydrogen (secondary N) is 1. The zero-order valence-electron chi connectivity index (χ0n) is 41.9. The summed E-state index contributed by atoms with van der Waals surface area (Å²) in [5, 5.41) is 5.87. The van der Waals surface area contributed by atoms with Crippen LogP contribution >= 0.6 is 21.8 Å². The minimum atomic E-state index is -1.71. The van der Waals surface area contributed by atoms with Gasteiger partial charge in [0.2, 0.25) is 5.91 Å². The summed E-state index contributed by atoms with van der Waals surface area (Å²) >= 11 is 1.94. The molecule has 73 heavy (non-hydrogen) atoms. The molecule has 2 saturated heterocycles. The fourth-order valence-electron chi connectivity index (χ4n) is 12.1. The highest BCUT2D eigenvalue weighted by Gasteiger charge is 2.51. The van der Waals surface area contributed by atoms with Crippen LogP contribution < -0.4 is 5.32 Å². The Morgan fingerprint density at radius 1 is 0.630 bits per heavy atom. The number of piperidine rings is 1. The monoisotopic (exact) mass is 1000 g/mol. The number of esters is 1. The topological polar surface area (TPSA) is 61.9 Å². The van der Waals surface area contributed by atoms with Crippen LogP contribution in [0.3, 0.4) is 0 Å². The van der Waals surface area contributed by atoms with Crippen molar-refractivity contribution in [2.75, 3.05) is 51.3 Å². The molecule has 8 heteroatoms. The molecule has 2 heterocycles. The Labute approximate surface area is 438 Å². The van der Waals surface area contributed by atoms with E-state index in [1.165, 1.54) is 47.7 Å². The number of ether oxygens (including phenoxy) is 1. The van der Waals surface area contributed by atoms with Crippen molar-refractivity contribution in [2.45, 2.75) is 63.1 Å². The van der Waals surface area contributed by atoms with Crippen molar-refractivity contribution in [1.29, 1.82) is 0 Å². The summed E-state index contributed by atoms with van der Waals surface area (Å²) in [5.41, 5.74) is 4.91. The number of methoxy groups -OCH3 is 1. The van der Waals surface area contributed by atoms with Crippen molar-refractivity contribution in [3.63, 3.8) is 0 Å². The summed E-state index contributed by atoms with van der Waals surface area (Å²) in [4.78, 5) is 37.2. The molecule has 6 nitrogen and oxygen atoms in total. The van der Waals surface area contributed by atoms with E-state index in [9.17, 15) is 9.59 Å². The zero-order valence-corrected chi connectivity index (χ0v) is 43.5. The number of nitrogens with zero attached hydrogens (tertiary/aromatic N) is 2. The van der Waals surface area contributed by atoms with E-state index in [0.29, 0.717) is 19.1 Å². The minimum absolute atomic E-state index is 0.0370. The van der Waals surface area contributed by atoms with Crippen molar-refractivity contribution < 1.29 is 14.3 Å². The lowest BCUT2D eigenvalue weighted by Gasteiger charge is -2.44. The summed E-state index contributed by atoms with van der Waals surface area (Å²) in [5.74, 6) is 1.37. The number of thioether (sulfide) groups is 1. The van der Waals surface area contributed by atoms with Crippen LogP contribution in [0.15, 0.2) is 239 Å². The molecule has 2 bridgehead atoms. The van der Waals surface area contributed by atoms with Crippen molar-refractivity contribution in [1.82, 2.24) is 15.1 Å². The molecule has 2 aliphatic heterocycles. The molecular weight excluding hydrogens is 935 g/mol. The van der Waals surface area contributed by atoms with Gasteiger partial charge >= 0.3 is 5.97 Å². The smallest absolute Gasteiger partial charge is 0.310 e. The van der Waals surface area contributed by atoms with Gasteiger partial charge in [-0.3, -0.25) is 19.4 Å². The SMILES string of the molecule is COC(=O)[C@@H]1C2CCC(C[C@H]1c1ccc3ccccc3c1)N2CCCN(CCSC(c1ccccc1)(c1ccccc1)c1ccccc1)CC(=O)NCCS(c1ccccc1)(c1ccccc1)c1ccccc1. The summed E-state index contributed by atoms with van der Waals surface area (Å²) < 4.78 is 5.13. The summed E-state index contributed by atoms with van der Waals surface area (Å²) in [7, 11) is -0.170. The predicted molar refractivity (Wildman–Crippen MR) is 303 cm³/mol. The molecule has 1 N–H and O–H groups in total. The third kappa shape index (κ3) is 10.8. The van der Waals surface area contributed by atoms with Crippen molar-refractivity contribution in [3.05, 3.63) is 247 Å². The van der Waals surface area contributed by atoms with E-state index in [0.717, 1.165) is 56.8 Å². The Balaban J connectivity index is 0.897. The molecule has 0 aliphatic carbocycles. The van der Waals surface area contributed by atoms with E-state index >= 15 is 0 Å². The van der Waals surface area contributed by atoms with Gasteiger partial charge in [0.25, 0.3) is 0 Å². The van der Waals surface area contributed by atoms with Crippen molar-refractivity contribution >= 4 is 44.4 Å². The largest absolute Gasteiger partial charge is 0.469 e. The lowest BCUT2D eigenvalue weighted by atomic mass is 9.75. The summed E-state index contributed by atoms with van der Waals surface area (Å²) in [6.45, 7) is 3.17. The van der Waals surface area contributed by atoms with Gasteiger partial charge in [0.05, 0.1) is 24.3 Å². The number of hydrogen-bond donors (Lipinski definition) is 1. The lowest BCUT2D eigenvalue weighted by molar-refractivity contribution is -0.150. The molecule has 4 atom stereocenters. The number of hydrogen-bond acceptors (Lipinski definition) is 6. The quantitative estimate of drug-likeness (QED) is 0.0572. The van der Waals surface area contributed by atoms with E-state index in [2.05, 4.69) is 240 Å². The Morgan fingerprint density at radius 3 is 1.67 bits per heavy atom. The molecule has 1 amide bonds. The fourth-order valence-corrected chi connectivity index (χ4v) is 17.4. The summed E-state index contributed by atoms with van der Waals surface area (Å²) in [6.07, 6.45) is 3.86. The van der Waals surface area contributed by atoms with Crippen molar-refractivity contribution in [2.24, 2.45) is 5.92 Å². The second-order valence-electron chi connectivity index (χ2n) is 19.5. The van der Waals surface area contributed by atoms with Gasteiger partial charge in [0.1, 0.15) is 0 Å². The molecule has 2 aliphatic rings. The normalized spacial score (nSPS) is 18.1. The first-order valence-electron chi connectivity index (χ1n) is 26.1. The Bertz CT molecular complexity index is 2830. The first-order chi connectivity index (χ1) is 36.0. The number of carbonyl (C=O) groups excluding carboxylic acids is 2. The highest BCUT2D eigenvalue weighted by molar-refractivity contribution is 8.33. The average Bonchev–Trinajstić information content (AvgIpc) is 3.73. The molecule has 2 fully saturated rings. The molecule has 2 unspecified atom stereocenters. The number of fused-ring (bicyclic) bond motifs is 3. The van der Waals surface area contributed by atoms with Gasteiger partial charge in [-0.05, 0) is 123 Å². The minimum Gasteiger partial charge on any atom is -0.469 e. The maximum atomic E-state index is 14.5. The van der Waals surface area contributed by atoms with Gasteiger partial charge in [0.15, 0.2) is 0 Å². The standard InChI is InChI=1S/C65H67N3O3S2/c1-71-64(70)63-60(52-38-37-50-23-20-21-24-51(50)47-52)48-56-39-40-61(63)68(56)43-22-42-67(44-45-72-65(53-25-8-2-9-26-53,54-27-10-3-11-28-54)55-29-12-4-13-30-55)49-62(69)66-41-46-73(57-31-14-5-15-32-57,58-33-16-6-17-34-58)59-35-18-7-19-36-59/h2-21,23-38,47,56,60-61,63H,22,39-46,48-49H2,1H3,(H,66,69)/t56?,60-,61?,63-/m0/s1. The van der Waals surface area contributed by atoms with Crippen LogP contribution in [0.2, 0.25) is 0 Å². The van der Waals surface area contributed by atoms with Gasteiger partial charge < -0.3 is 10.1 Å². The molecule has 0 aromatic heterocycles. The molecule has 0 saturated carbocycles. The van der Waals surface area contributed by atoms with E-state index < -0.39 is 14.8 Å². The molecule has 372 valence electrons. The molecule has 8 aromatic rings. The lowest BCUT2D eigenvalue weighted by Crippen LogP contribution is -2.51. The predicted octanol–water partition coefficient (Wildman–Crippen LogP) is 13.5.